The number of nitriles is 1. The first-order chi connectivity index (χ1) is 16.5. The molecular weight excluding hydrogens is 451 g/mol. The van der Waals surface area contributed by atoms with Gasteiger partial charge in [-0.15, -0.1) is 0 Å². The summed E-state index contributed by atoms with van der Waals surface area (Å²) >= 11 is 0. The van der Waals surface area contributed by atoms with E-state index in [0.717, 1.165) is 13.1 Å². The molecule has 0 saturated carbocycles. The summed E-state index contributed by atoms with van der Waals surface area (Å²) in [6.45, 7) is 10.0. The van der Waals surface area contributed by atoms with Gasteiger partial charge >= 0.3 is 6.09 Å². The Bertz CT molecular complexity index is 1130. The maximum Gasteiger partial charge on any atom is 0.410 e. The number of nitrogens with one attached hydrogen (secondary N) is 1. The smallest absolute Gasteiger partial charge is 0.410 e. The normalized spacial score (nSPS) is 22.3. The maximum absolute atomic E-state index is 14.4. The first-order valence-electron chi connectivity index (χ1n) is 11.7. The third-order valence-corrected chi connectivity index (χ3v) is 6.22. The molecule has 2 unspecified atom stereocenters. The fourth-order valence-corrected chi connectivity index (χ4v) is 4.72. The Hall–Kier alpha value is -3.45. The van der Waals surface area contributed by atoms with Crippen LogP contribution in [0, 0.1) is 35.9 Å². The molecule has 2 fully saturated rings. The van der Waals surface area contributed by atoms with Gasteiger partial charge in [0.1, 0.15) is 29.7 Å². The quantitative estimate of drug-likeness (QED) is 0.703. The second-order valence-electron chi connectivity index (χ2n) is 10.3. The van der Waals surface area contributed by atoms with Crippen LogP contribution in [0.1, 0.15) is 31.9 Å². The minimum Gasteiger partial charge on any atom is -0.473 e. The van der Waals surface area contributed by atoms with Crippen LogP contribution in [0.15, 0.2) is 24.5 Å². The van der Waals surface area contributed by atoms with Crippen LogP contribution in [0.5, 0.6) is 5.88 Å². The van der Waals surface area contributed by atoms with E-state index < -0.39 is 11.4 Å². The number of rotatable bonds is 4. The molecule has 2 aliphatic rings. The molecule has 2 aliphatic heterocycles. The van der Waals surface area contributed by atoms with Gasteiger partial charge in [-0.3, -0.25) is 0 Å². The molecule has 10 heteroatoms. The molecule has 1 aromatic carbocycles. The van der Waals surface area contributed by atoms with Crippen molar-refractivity contribution in [1.29, 1.82) is 5.26 Å². The molecule has 3 heterocycles. The standard InChI is InChI=1S/C25H31FN6O3/c1-15-22(30-20-7-6-16(9-27)8-19(20)26)28-14-29-23(15)34-21-17-10-31(5)11-18(21)13-32(12-17)24(33)35-25(2,3)4/h6-8,14,17-18,21H,10-13H2,1-5H3,(H,28,29,30). The highest BCUT2D eigenvalue weighted by Gasteiger charge is 2.45. The van der Waals surface area contributed by atoms with Crippen molar-refractivity contribution >= 4 is 17.6 Å². The lowest BCUT2D eigenvalue weighted by atomic mass is 9.81. The summed E-state index contributed by atoms with van der Waals surface area (Å²) in [5, 5.41) is 11.9. The Morgan fingerprint density at radius 1 is 1.20 bits per heavy atom. The third kappa shape index (κ3) is 5.62. The molecule has 0 spiro atoms. The number of aromatic nitrogens is 2. The molecule has 0 aliphatic carbocycles. The fraction of sp³-hybridized carbons (Fsp3) is 0.520. The number of benzene rings is 1. The SMILES string of the molecule is Cc1c(Nc2ccc(C#N)cc2F)ncnc1OC1C2CN(C)CC1CN(C(=O)OC(C)(C)C)C2. The van der Waals surface area contributed by atoms with E-state index in [1.807, 2.05) is 33.8 Å². The van der Waals surface area contributed by atoms with Crippen molar-refractivity contribution < 1.29 is 18.7 Å². The highest BCUT2D eigenvalue weighted by Crippen LogP contribution is 2.34. The van der Waals surface area contributed by atoms with Crippen LogP contribution in [0.4, 0.5) is 20.7 Å². The molecule has 2 bridgehead atoms. The number of fused-ring (bicyclic) bond motifs is 2. The summed E-state index contributed by atoms with van der Waals surface area (Å²) in [6.07, 6.45) is 0.951. The third-order valence-electron chi connectivity index (χ3n) is 6.22. The number of nitrogens with zero attached hydrogens (tertiary/aromatic N) is 5. The summed E-state index contributed by atoms with van der Waals surface area (Å²) in [4.78, 5) is 25.3. The predicted molar refractivity (Wildman–Crippen MR) is 128 cm³/mol. The second kappa shape index (κ2) is 9.66. The van der Waals surface area contributed by atoms with Crippen LogP contribution in [-0.2, 0) is 4.74 Å². The summed E-state index contributed by atoms with van der Waals surface area (Å²) < 4.78 is 26.4. The van der Waals surface area contributed by atoms with Crippen LogP contribution in [-0.4, -0.2) is 70.8 Å². The van der Waals surface area contributed by atoms with E-state index in [1.165, 1.54) is 24.5 Å². The van der Waals surface area contributed by atoms with Gasteiger partial charge in [-0.05, 0) is 52.9 Å². The molecule has 2 atom stereocenters. The molecule has 1 aromatic heterocycles. The van der Waals surface area contributed by atoms with Gasteiger partial charge in [0, 0.05) is 38.0 Å². The Morgan fingerprint density at radius 3 is 2.49 bits per heavy atom. The minimum atomic E-state index is -0.549. The Morgan fingerprint density at radius 2 is 1.89 bits per heavy atom. The van der Waals surface area contributed by atoms with Crippen molar-refractivity contribution in [2.24, 2.45) is 11.8 Å². The van der Waals surface area contributed by atoms with Crippen molar-refractivity contribution in [3.63, 3.8) is 0 Å². The Labute approximate surface area is 204 Å². The zero-order chi connectivity index (χ0) is 25.3. The van der Waals surface area contributed by atoms with Crippen LogP contribution in [0.2, 0.25) is 0 Å². The van der Waals surface area contributed by atoms with Gasteiger partial charge in [0.05, 0.1) is 22.9 Å². The van der Waals surface area contributed by atoms with E-state index in [-0.39, 0.29) is 35.3 Å². The molecule has 35 heavy (non-hydrogen) atoms. The molecular formula is C25H31FN6O3. The van der Waals surface area contributed by atoms with Gasteiger partial charge in [0.25, 0.3) is 0 Å². The summed E-state index contributed by atoms with van der Waals surface area (Å²) in [5.41, 5.74) is 0.551. The van der Waals surface area contributed by atoms with Gasteiger partial charge in [-0.25, -0.2) is 19.2 Å². The zero-order valence-electron chi connectivity index (χ0n) is 20.7. The van der Waals surface area contributed by atoms with Gasteiger partial charge in [-0.2, -0.15) is 5.26 Å². The largest absolute Gasteiger partial charge is 0.473 e. The van der Waals surface area contributed by atoms with Gasteiger partial charge in [-0.1, -0.05) is 0 Å². The average molecular weight is 483 g/mol. The first kappa shape index (κ1) is 24.7. The number of ether oxygens (including phenoxy) is 2. The zero-order valence-corrected chi connectivity index (χ0v) is 20.7. The number of hydrogen-bond acceptors (Lipinski definition) is 8. The van der Waals surface area contributed by atoms with Crippen molar-refractivity contribution in [2.45, 2.75) is 39.4 Å². The molecule has 2 saturated heterocycles. The van der Waals surface area contributed by atoms with Crippen molar-refractivity contribution in [2.75, 3.05) is 38.5 Å². The van der Waals surface area contributed by atoms with Crippen LogP contribution >= 0.6 is 0 Å². The van der Waals surface area contributed by atoms with E-state index >= 15 is 0 Å². The lowest BCUT2D eigenvalue weighted by molar-refractivity contribution is -0.0652. The molecule has 0 radical (unpaired) electrons. The van der Waals surface area contributed by atoms with Crippen molar-refractivity contribution in [1.82, 2.24) is 19.8 Å². The van der Waals surface area contributed by atoms with Gasteiger partial charge < -0.3 is 24.6 Å². The molecule has 2 aromatic rings. The van der Waals surface area contributed by atoms with Gasteiger partial charge in [0.15, 0.2) is 0 Å². The number of anilines is 2. The average Bonchev–Trinajstić information content (AvgIpc) is 2.76. The van der Waals surface area contributed by atoms with E-state index in [0.29, 0.717) is 30.4 Å². The van der Waals surface area contributed by atoms with E-state index in [4.69, 9.17) is 14.7 Å². The number of carbonyl (C=O) groups is 1. The fourth-order valence-electron chi connectivity index (χ4n) is 4.72. The highest BCUT2D eigenvalue weighted by molar-refractivity contribution is 5.68. The van der Waals surface area contributed by atoms with Crippen LogP contribution in [0.25, 0.3) is 0 Å². The maximum atomic E-state index is 14.4. The lowest BCUT2D eigenvalue weighted by Crippen LogP contribution is -2.62. The minimum absolute atomic E-state index is 0.0850. The van der Waals surface area contributed by atoms with E-state index in [9.17, 15) is 9.18 Å². The molecule has 186 valence electrons. The lowest BCUT2D eigenvalue weighted by Gasteiger charge is -2.49. The number of piperidine rings is 2. The van der Waals surface area contributed by atoms with Crippen LogP contribution in [0.3, 0.4) is 0 Å². The summed E-state index contributed by atoms with van der Waals surface area (Å²) in [5.74, 6) is 0.471. The monoisotopic (exact) mass is 482 g/mol. The molecule has 1 amide bonds. The van der Waals surface area contributed by atoms with E-state index in [2.05, 4.69) is 27.2 Å². The Balaban J connectivity index is 1.51. The molecule has 4 rings (SSSR count). The van der Waals surface area contributed by atoms with E-state index in [1.54, 1.807) is 4.90 Å². The number of hydrogen-bond donors (Lipinski definition) is 1. The molecule has 9 nitrogen and oxygen atoms in total. The Kier molecular flexibility index (Phi) is 6.81. The summed E-state index contributed by atoms with van der Waals surface area (Å²) in [7, 11) is 2.07. The van der Waals surface area contributed by atoms with Crippen molar-refractivity contribution in [3.05, 3.63) is 41.5 Å². The molecule has 1 N–H and O–H groups in total. The topological polar surface area (TPSA) is 104 Å². The first-order valence-corrected chi connectivity index (χ1v) is 11.7. The predicted octanol–water partition coefficient (Wildman–Crippen LogP) is 3.72. The number of amides is 1. The number of carbonyl (C=O) groups excluding carboxylic acids is 1. The highest BCUT2D eigenvalue weighted by atomic mass is 19.1. The second-order valence-corrected chi connectivity index (χ2v) is 10.3. The van der Waals surface area contributed by atoms with Crippen molar-refractivity contribution in [3.8, 4) is 11.9 Å². The number of halogens is 1. The summed E-state index contributed by atoms with van der Waals surface area (Å²) in [6, 6.07) is 6.13. The van der Waals surface area contributed by atoms with Gasteiger partial charge in [0.2, 0.25) is 5.88 Å². The number of likely N-dealkylation sites (tertiary alicyclic amines) is 2. The van der Waals surface area contributed by atoms with Crippen LogP contribution < -0.4 is 10.1 Å².